The van der Waals surface area contributed by atoms with Gasteiger partial charge in [0.05, 0.1) is 0 Å². The lowest BCUT2D eigenvalue weighted by Crippen LogP contribution is -2.37. The number of aliphatic hydroxyl groups excluding tert-OH is 1. The number of hydrogen-bond acceptors (Lipinski definition) is 3. The average Bonchev–Trinajstić information content (AvgIpc) is 2.82. The van der Waals surface area contributed by atoms with E-state index in [9.17, 15) is 4.39 Å². The molecule has 1 aromatic rings. The van der Waals surface area contributed by atoms with E-state index in [1.807, 2.05) is 6.07 Å². The van der Waals surface area contributed by atoms with E-state index >= 15 is 0 Å². The molecule has 1 aromatic carbocycles. The molecule has 1 aliphatic rings. The quantitative estimate of drug-likeness (QED) is 0.855. The molecule has 21 heavy (non-hydrogen) atoms. The van der Waals surface area contributed by atoms with Gasteiger partial charge in [-0.05, 0) is 57.2 Å². The summed E-state index contributed by atoms with van der Waals surface area (Å²) in [6.45, 7) is 2.64. The first-order valence-electron chi connectivity index (χ1n) is 7.36. The molecule has 1 fully saturated rings. The number of likely N-dealkylation sites (tertiary alicyclic amines) is 1. The van der Waals surface area contributed by atoms with Crippen LogP contribution in [0.4, 0.5) is 4.39 Å². The van der Waals surface area contributed by atoms with Crippen molar-refractivity contribution in [1.29, 1.82) is 0 Å². The zero-order chi connectivity index (χ0) is 15.2. The normalized spacial score (nSPS) is 18.8. The molecule has 0 spiro atoms. The molecule has 1 atom stereocenters. The van der Waals surface area contributed by atoms with Crippen LogP contribution in [-0.4, -0.2) is 54.7 Å². The van der Waals surface area contributed by atoms with Crippen molar-refractivity contribution in [1.82, 2.24) is 9.80 Å². The molecule has 1 aliphatic heterocycles. The van der Waals surface area contributed by atoms with Crippen LogP contribution >= 0.6 is 0 Å². The Kier molecular flexibility index (Phi) is 5.75. The Morgan fingerprint density at radius 1 is 1.38 bits per heavy atom. The molecule has 0 aliphatic carbocycles. The molecule has 0 saturated carbocycles. The third-order valence-electron chi connectivity index (χ3n) is 3.73. The number of nitrogens with zero attached hydrogens (tertiary/aromatic N) is 2. The summed E-state index contributed by atoms with van der Waals surface area (Å²) in [5.74, 6) is 5.08. The second-order valence-corrected chi connectivity index (χ2v) is 5.84. The number of aliphatic hydroxyl groups is 1. The molecule has 0 aromatic heterocycles. The van der Waals surface area contributed by atoms with Crippen molar-refractivity contribution in [2.45, 2.75) is 25.4 Å². The van der Waals surface area contributed by atoms with E-state index in [1.165, 1.54) is 18.9 Å². The van der Waals surface area contributed by atoms with Gasteiger partial charge < -0.3 is 10.0 Å². The van der Waals surface area contributed by atoms with Gasteiger partial charge in [0.25, 0.3) is 0 Å². The number of benzene rings is 1. The smallest absolute Gasteiger partial charge is 0.124 e. The summed E-state index contributed by atoms with van der Waals surface area (Å²) in [5.41, 5.74) is 1.57. The maximum Gasteiger partial charge on any atom is 0.124 e. The van der Waals surface area contributed by atoms with Gasteiger partial charge in [0.2, 0.25) is 0 Å². The minimum atomic E-state index is -0.266. The molecule has 0 bridgehead atoms. The number of rotatable bonds is 4. The van der Waals surface area contributed by atoms with Crippen LogP contribution in [0.15, 0.2) is 18.2 Å². The molecule has 1 saturated heterocycles. The van der Waals surface area contributed by atoms with Gasteiger partial charge in [-0.15, -0.1) is 0 Å². The van der Waals surface area contributed by atoms with Crippen LogP contribution in [0.1, 0.15) is 24.0 Å². The zero-order valence-electron chi connectivity index (χ0n) is 12.8. The van der Waals surface area contributed by atoms with Crippen LogP contribution in [0.5, 0.6) is 0 Å². The van der Waals surface area contributed by atoms with Gasteiger partial charge in [0, 0.05) is 24.7 Å². The first-order chi connectivity index (χ1) is 10.1. The Morgan fingerprint density at radius 2 is 2.19 bits per heavy atom. The Hall–Kier alpha value is -1.41. The summed E-state index contributed by atoms with van der Waals surface area (Å²) < 4.78 is 13.7. The van der Waals surface area contributed by atoms with Crippen molar-refractivity contribution in [3.8, 4) is 11.8 Å². The summed E-state index contributed by atoms with van der Waals surface area (Å²) in [5, 5.41) is 8.73. The van der Waals surface area contributed by atoms with Gasteiger partial charge in [-0.3, -0.25) is 4.90 Å². The SMILES string of the molecule is CN(C)CC1CCCN1Cc1cc(F)cc(C#CCO)c1. The number of halogens is 1. The molecule has 114 valence electrons. The van der Waals surface area contributed by atoms with E-state index in [1.54, 1.807) is 6.07 Å². The van der Waals surface area contributed by atoms with E-state index in [0.29, 0.717) is 11.6 Å². The summed E-state index contributed by atoms with van der Waals surface area (Å²) in [7, 11) is 4.17. The van der Waals surface area contributed by atoms with E-state index in [4.69, 9.17) is 5.11 Å². The first kappa shape index (κ1) is 16.0. The standard InChI is InChI=1S/C17H23FN2O/c1-19(2)13-17-6-3-7-20(17)12-15-9-14(5-4-8-21)10-16(18)11-15/h9-11,17,21H,3,6-8,12-13H2,1-2H3. The maximum atomic E-state index is 13.7. The first-order valence-corrected chi connectivity index (χ1v) is 7.36. The molecule has 1 unspecified atom stereocenters. The van der Waals surface area contributed by atoms with E-state index < -0.39 is 0 Å². The van der Waals surface area contributed by atoms with Gasteiger partial charge in [-0.25, -0.2) is 4.39 Å². The van der Waals surface area contributed by atoms with Crippen LogP contribution < -0.4 is 0 Å². The molecular weight excluding hydrogens is 267 g/mol. The highest BCUT2D eigenvalue weighted by atomic mass is 19.1. The molecule has 2 rings (SSSR count). The Bertz CT molecular complexity index is 533. The average molecular weight is 290 g/mol. The fourth-order valence-corrected chi connectivity index (χ4v) is 2.92. The third-order valence-corrected chi connectivity index (χ3v) is 3.73. The Balaban J connectivity index is 2.09. The fourth-order valence-electron chi connectivity index (χ4n) is 2.92. The van der Waals surface area contributed by atoms with Crippen molar-refractivity contribution >= 4 is 0 Å². The number of likely N-dealkylation sites (N-methyl/N-ethyl adjacent to an activating group) is 1. The van der Waals surface area contributed by atoms with Crippen molar-refractivity contribution in [2.75, 3.05) is 33.8 Å². The van der Waals surface area contributed by atoms with Gasteiger partial charge >= 0.3 is 0 Å². The van der Waals surface area contributed by atoms with Crippen molar-refractivity contribution < 1.29 is 9.50 Å². The largest absolute Gasteiger partial charge is 0.384 e. The van der Waals surface area contributed by atoms with Crippen LogP contribution in [0, 0.1) is 17.7 Å². The molecular formula is C17H23FN2O. The van der Waals surface area contributed by atoms with Crippen LogP contribution in [0.25, 0.3) is 0 Å². The minimum Gasteiger partial charge on any atom is -0.384 e. The maximum absolute atomic E-state index is 13.7. The summed E-state index contributed by atoms with van der Waals surface area (Å²) in [4.78, 5) is 4.62. The fraction of sp³-hybridized carbons (Fsp3) is 0.529. The van der Waals surface area contributed by atoms with Crippen LogP contribution in [0.3, 0.4) is 0 Å². The molecule has 1 N–H and O–H groups in total. The zero-order valence-corrected chi connectivity index (χ0v) is 12.8. The van der Waals surface area contributed by atoms with Crippen molar-refractivity contribution in [3.63, 3.8) is 0 Å². The van der Waals surface area contributed by atoms with Gasteiger partial charge in [0.15, 0.2) is 0 Å². The Morgan fingerprint density at radius 3 is 2.90 bits per heavy atom. The van der Waals surface area contributed by atoms with Crippen LogP contribution in [0.2, 0.25) is 0 Å². The predicted octanol–water partition coefficient (Wildman–Crippen LogP) is 1.70. The van der Waals surface area contributed by atoms with Crippen molar-refractivity contribution in [2.24, 2.45) is 0 Å². The predicted molar refractivity (Wildman–Crippen MR) is 82.3 cm³/mol. The molecule has 0 amide bonds. The monoisotopic (exact) mass is 290 g/mol. The lowest BCUT2D eigenvalue weighted by Gasteiger charge is -2.27. The molecule has 0 radical (unpaired) electrons. The molecule has 4 heteroatoms. The highest BCUT2D eigenvalue weighted by molar-refractivity contribution is 5.37. The summed E-state index contributed by atoms with van der Waals surface area (Å²) in [6.07, 6.45) is 2.40. The van der Waals surface area contributed by atoms with Gasteiger partial charge in [-0.2, -0.15) is 0 Å². The van der Waals surface area contributed by atoms with E-state index in [2.05, 4.69) is 35.7 Å². The highest BCUT2D eigenvalue weighted by Gasteiger charge is 2.24. The molecule has 3 nitrogen and oxygen atoms in total. The highest BCUT2D eigenvalue weighted by Crippen LogP contribution is 2.21. The van der Waals surface area contributed by atoms with Crippen LogP contribution in [-0.2, 0) is 6.54 Å². The van der Waals surface area contributed by atoms with Crippen molar-refractivity contribution in [3.05, 3.63) is 35.1 Å². The van der Waals surface area contributed by atoms with Gasteiger partial charge in [0.1, 0.15) is 12.4 Å². The Labute approximate surface area is 126 Å². The lowest BCUT2D eigenvalue weighted by molar-refractivity contribution is 0.201. The molecule has 1 heterocycles. The number of hydrogen-bond donors (Lipinski definition) is 1. The van der Waals surface area contributed by atoms with E-state index in [-0.39, 0.29) is 12.4 Å². The second kappa shape index (κ2) is 7.56. The third kappa shape index (κ3) is 4.82. The minimum absolute atomic E-state index is 0.205. The van der Waals surface area contributed by atoms with Gasteiger partial charge in [-0.1, -0.05) is 11.8 Å². The second-order valence-electron chi connectivity index (χ2n) is 5.84. The van der Waals surface area contributed by atoms with E-state index in [0.717, 1.165) is 25.2 Å². The lowest BCUT2D eigenvalue weighted by atomic mass is 10.1. The summed E-state index contributed by atoms with van der Waals surface area (Å²) >= 11 is 0. The summed E-state index contributed by atoms with van der Waals surface area (Å²) in [6, 6.07) is 5.44. The topological polar surface area (TPSA) is 26.7 Å².